The van der Waals surface area contributed by atoms with Gasteiger partial charge in [-0.15, -0.1) is 10.2 Å². The van der Waals surface area contributed by atoms with E-state index in [9.17, 15) is 0 Å². The standard InChI is InChI=1S/C13H15BrClN3OS/c1-9(2)18-8-16-17-13(18)20-6-5-19-12-4-3-10(15)7-11(12)14/h3-4,7-9H,5-6H2,1-2H3. The van der Waals surface area contributed by atoms with Crippen LogP contribution in [0.3, 0.4) is 0 Å². The van der Waals surface area contributed by atoms with Crippen LogP contribution in [0.5, 0.6) is 5.75 Å². The molecule has 1 aromatic carbocycles. The van der Waals surface area contributed by atoms with Crippen LogP contribution in [0.15, 0.2) is 34.2 Å². The van der Waals surface area contributed by atoms with Crippen LogP contribution in [-0.2, 0) is 0 Å². The second-order valence-corrected chi connectivity index (χ2v) is 6.74. The molecule has 0 saturated heterocycles. The molecule has 0 spiro atoms. The van der Waals surface area contributed by atoms with Crippen LogP contribution < -0.4 is 4.74 Å². The highest BCUT2D eigenvalue weighted by atomic mass is 79.9. The molecule has 0 aliphatic rings. The van der Waals surface area contributed by atoms with Gasteiger partial charge in [-0.25, -0.2) is 0 Å². The van der Waals surface area contributed by atoms with Crippen LogP contribution in [-0.4, -0.2) is 27.1 Å². The summed E-state index contributed by atoms with van der Waals surface area (Å²) >= 11 is 10.9. The van der Waals surface area contributed by atoms with E-state index < -0.39 is 0 Å². The zero-order valence-corrected chi connectivity index (χ0v) is 14.4. The van der Waals surface area contributed by atoms with Gasteiger partial charge in [-0.1, -0.05) is 23.4 Å². The van der Waals surface area contributed by atoms with Crippen molar-refractivity contribution in [3.63, 3.8) is 0 Å². The Labute approximate surface area is 136 Å². The van der Waals surface area contributed by atoms with Gasteiger partial charge in [0.05, 0.1) is 11.1 Å². The summed E-state index contributed by atoms with van der Waals surface area (Å²) in [5, 5.41) is 9.64. The highest BCUT2D eigenvalue weighted by Crippen LogP contribution is 2.28. The molecule has 0 fully saturated rings. The summed E-state index contributed by atoms with van der Waals surface area (Å²) in [6.45, 7) is 4.80. The Hall–Kier alpha value is -0.720. The second kappa shape index (κ2) is 7.33. The molecule has 0 atom stereocenters. The molecule has 1 heterocycles. The van der Waals surface area contributed by atoms with E-state index >= 15 is 0 Å². The monoisotopic (exact) mass is 375 g/mol. The van der Waals surface area contributed by atoms with Gasteiger partial charge in [0.1, 0.15) is 12.1 Å². The normalized spacial score (nSPS) is 11.1. The summed E-state index contributed by atoms with van der Waals surface area (Å²) in [6.07, 6.45) is 1.75. The first kappa shape index (κ1) is 15.7. The molecular weight excluding hydrogens is 362 g/mol. The number of benzene rings is 1. The summed E-state index contributed by atoms with van der Waals surface area (Å²) in [7, 11) is 0. The third-order valence-corrected chi connectivity index (χ3v) is 4.34. The first-order chi connectivity index (χ1) is 9.58. The van der Waals surface area contributed by atoms with Gasteiger partial charge in [-0.2, -0.15) is 0 Å². The van der Waals surface area contributed by atoms with E-state index in [1.807, 2.05) is 22.8 Å². The first-order valence-corrected chi connectivity index (χ1v) is 8.33. The van der Waals surface area contributed by atoms with Crippen LogP contribution in [0, 0.1) is 0 Å². The predicted molar refractivity (Wildman–Crippen MR) is 85.8 cm³/mol. The maximum atomic E-state index is 5.89. The minimum absolute atomic E-state index is 0.360. The quantitative estimate of drug-likeness (QED) is 0.552. The van der Waals surface area contributed by atoms with E-state index in [0.717, 1.165) is 21.1 Å². The lowest BCUT2D eigenvalue weighted by molar-refractivity contribution is 0.341. The molecule has 0 unspecified atom stereocenters. The van der Waals surface area contributed by atoms with Crippen molar-refractivity contribution < 1.29 is 4.74 Å². The largest absolute Gasteiger partial charge is 0.492 e. The van der Waals surface area contributed by atoms with Gasteiger partial charge in [-0.05, 0) is 48.0 Å². The van der Waals surface area contributed by atoms with E-state index in [1.54, 1.807) is 18.1 Å². The maximum absolute atomic E-state index is 5.89. The molecule has 2 rings (SSSR count). The lowest BCUT2D eigenvalue weighted by atomic mass is 10.3. The van der Waals surface area contributed by atoms with E-state index in [0.29, 0.717) is 17.7 Å². The van der Waals surface area contributed by atoms with Gasteiger partial charge in [0, 0.05) is 16.8 Å². The van der Waals surface area contributed by atoms with Crippen molar-refractivity contribution in [3.8, 4) is 5.75 Å². The van der Waals surface area contributed by atoms with Crippen molar-refractivity contribution in [2.24, 2.45) is 0 Å². The molecule has 0 radical (unpaired) electrons. The maximum Gasteiger partial charge on any atom is 0.191 e. The van der Waals surface area contributed by atoms with Crippen LogP contribution in [0.25, 0.3) is 0 Å². The van der Waals surface area contributed by atoms with Gasteiger partial charge < -0.3 is 9.30 Å². The average Bonchev–Trinajstić information content (AvgIpc) is 2.85. The van der Waals surface area contributed by atoms with Crippen molar-refractivity contribution in [1.82, 2.24) is 14.8 Å². The number of thioether (sulfide) groups is 1. The molecule has 0 N–H and O–H groups in total. The number of hydrogen-bond acceptors (Lipinski definition) is 4. The molecule has 4 nitrogen and oxygen atoms in total. The Bertz CT molecular complexity index is 576. The molecular formula is C13H15BrClN3OS. The number of halogens is 2. The van der Waals surface area contributed by atoms with Crippen LogP contribution in [0.2, 0.25) is 5.02 Å². The van der Waals surface area contributed by atoms with E-state index in [4.69, 9.17) is 16.3 Å². The summed E-state index contributed by atoms with van der Waals surface area (Å²) in [5.74, 6) is 1.60. The van der Waals surface area contributed by atoms with Gasteiger partial charge in [-0.3, -0.25) is 0 Å². The summed E-state index contributed by atoms with van der Waals surface area (Å²) in [4.78, 5) is 0. The molecule has 0 aliphatic heterocycles. The zero-order chi connectivity index (χ0) is 14.5. The molecule has 1 aromatic heterocycles. The van der Waals surface area contributed by atoms with Crippen LogP contribution >= 0.6 is 39.3 Å². The Morgan fingerprint density at radius 2 is 2.25 bits per heavy atom. The lowest BCUT2D eigenvalue weighted by Crippen LogP contribution is -2.04. The number of hydrogen-bond donors (Lipinski definition) is 0. The summed E-state index contributed by atoms with van der Waals surface area (Å²) in [5.41, 5.74) is 0. The molecule has 108 valence electrons. The average molecular weight is 377 g/mol. The fourth-order valence-corrected chi connectivity index (χ4v) is 3.22. The molecule has 0 saturated carbocycles. The third-order valence-electron chi connectivity index (χ3n) is 2.56. The van der Waals surface area contributed by atoms with Gasteiger partial charge in [0.25, 0.3) is 0 Å². The fourth-order valence-electron chi connectivity index (χ4n) is 1.57. The minimum Gasteiger partial charge on any atom is -0.492 e. The van der Waals surface area contributed by atoms with Crippen molar-refractivity contribution in [2.75, 3.05) is 12.4 Å². The smallest absolute Gasteiger partial charge is 0.191 e. The number of nitrogens with zero attached hydrogens (tertiary/aromatic N) is 3. The predicted octanol–water partition coefficient (Wildman–Crippen LogP) is 4.45. The molecule has 0 bridgehead atoms. The van der Waals surface area contributed by atoms with Gasteiger partial charge >= 0.3 is 0 Å². The van der Waals surface area contributed by atoms with Crippen molar-refractivity contribution in [1.29, 1.82) is 0 Å². The highest BCUT2D eigenvalue weighted by Gasteiger charge is 2.08. The second-order valence-electron chi connectivity index (χ2n) is 4.39. The first-order valence-electron chi connectivity index (χ1n) is 6.18. The molecule has 7 heteroatoms. The summed E-state index contributed by atoms with van der Waals surface area (Å²) < 4.78 is 8.61. The Kier molecular flexibility index (Phi) is 5.74. The Balaban J connectivity index is 1.83. The highest BCUT2D eigenvalue weighted by molar-refractivity contribution is 9.10. The number of aromatic nitrogens is 3. The lowest BCUT2D eigenvalue weighted by Gasteiger charge is -2.10. The van der Waals surface area contributed by atoms with Crippen LogP contribution in [0.4, 0.5) is 0 Å². The van der Waals surface area contributed by atoms with Gasteiger partial charge in [0.15, 0.2) is 5.16 Å². The SMILES string of the molecule is CC(C)n1cnnc1SCCOc1ccc(Cl)cc1Br. The molecule has 0 amide bonds. The van der Waals surface area contributed by atoms with Crippen LogP contribution in [0.1, 0.15) is 19.9 Å². The van der Waals surface area contributed by atoms with E-state index in [1.165, 1.54) is 0 Å². The Morgan fingerprint density at radius 1 is 1.45 bits per heavy atom. The fraction of sp³-hybridized carbons (Fsp3) is 0.385. The third kappa shape index (κ3) is 4.14. The van der Waals surface area contributed by atoms with Crippen molar-refractivity contribution in [3.05, 3.63) is 34.0 Å². The zero-order valence-electron chi connectivity index (χ0n) is 11.2. The number of rotatable bonds is 6. The summed E-state index contributed by atoms with van der Waals surface area (Å²) in [6, 6.07) is 5.84. The molecule has 20 heavy (non-hydrogen) atoms. The van der Waals surface area contributed by atoms with Crippen molar-refractivity contribution >= 4 is 39.3 Å². The Morgan fingerprint density at radius 3 is 2.95 bits per heavy atom. The van der Waals surface area contributed by atoms with E-state index in [-0.39, 0.29) is 0 Å². The minimum atomic E-state index is 0.360. The number of ether oxygens (including phenoxy) is 1. The molecule has 2 aromatic rings. The van der Waals surface area contributed by atoms with Crippen molar-refractivity contribution in [2.45, 2.75) is 25.0 Å². The van der Waals surface area contributed by atoms with Gasteiger partial charge in [0.2, 0.25) is 0 Å². The van der Waals surface area contributed by atoms with E-state index in [2.05, 4.69) is 40.0 Å². The topological polar surface area (TPSA) is 39.9 Å². The molecule has 0 aliphatic carbocycles.